The second-order valence-electron chi connectivity index (χ2n) is 10.9. The van der Waals surface area contributed by atoms with Gasteiger partial charge < -0.3 is 13.7 Å². The number of anilines is 3. The molecule has 0 N–H and O–H groups in total. The van der Waals surface area contributed by atoms with Gasteiger partial charge in [0.2, 0.25) is 11.8 Å². The highest BCUT2D eigenvalue weighted by Crippen LogP contribution is 2.39. The van der Waals surface area contributed by atoms with Gasteiger partial charge in [0.05, 0.1) is 10.2 Å². The molecule has 0 spiro atoms. The molecule has 0 unspecified atom stereocenters. The van der Waals surface area contributed by atoms with Crippen LogP contribution in [0.2, 0.25) is 0 Å². The average Bonchev–Trinajstić information content (AvgIpc) is 3.86. The molecule has 9 aromatic rings. The van der Waals surface area contributed by atoms with Crippen molar-refractivity contribution in [2.45, 2.75) is 0 Å². The fourth-order valence-electron chi connectivity index (χ4n) is 5.72. The van der Waals surface area contributed by atoms with Crippen LogP contribution in [-0.4, -0.2) is 15.0 Å². The second-order valence-corrected chi connectivity index (χ2v) is 12.0. The lowest BCUT2D eigenvalue weighted by Crippen LogP contribution is -2.10. The van der Waals surface area contributed by atoms with Crippen molar-refractivity contribution in [1.82, 2.24) is 15.0 Å². The molecule has 9 rings (SSSR count). The number of hydrogen-bond acceptors (Lipinski definition) is 7. The normalized spacial score (nSPS) is 11.5. The smallest absolute Gasteiger partial charge is 0.227 e. The zero-order chi connectivity index (χ0) is 30.5. The summed E-state index contributed by atoms with van der Waals surface area (Å²) in [4.78, 5) is 16.5. The quantitative estimate of drug-likeness (QED) is 0.186. The van der Waals surface area contributed by atoms with Crippen molar-refractivity contribution in [3.63, 3.8) is 0 Å². The van der Waals surface area contributed by atoms with Crippen molar-refractivity contribution in [1.29, 1.82) is 0 Å². The Morgan fingerprint density at radius 1 is 0.435 bits per heavy atom. The Kier molecular flexibility index (Phi) is 6.21. The van der Waals surface area contributed by atoms with Crippen LogP contribution in [0.5, 0.6) is 0 Å². The number of fused-ring (bicyclic) bond motifs is 3. The SMILES string of the molecule is c1cc(-c2nc3ccccc3s2)cc(N(c2ccc(-c3nc4ccccc4o3)cc2)c2ccc(-c3nc4ccccc4o3)cc2)c1. The lowest BCUT2D eigenvalue weighted by Gasteiger charge is -2.26. The number of hydrogen-bond donors (Lipinski definition) is 0. The summed E-state index contributed by atoms with van der Waals surface area (Å²) in [5.41, 5.74) is 10.1. The largest absolute Gasteiger partial charge is 0.436 e. The molecule has 0 aliphatic heterocycles. The number of rotatable bonds is 6. The van der Waals surface area contributed by atoms with E-state index in [0.29, 0.717) is 11.8 Å². The van der Waals surface area contributed by atoms with Crippen LogP contribution >= 0.6 is 11.3 Å². The van der Waals surface area contributed by atoms with E-state index >= 15 is 0 Å². The second kappa shape index (κ2) is 10.8. The first-order valence-electron chi connectivity index (χ1n) is 14.9. The summed E-state index contributed by atoms with van der Waals surface area (Å²) >= 11 is 1.70. The molecule has 0 aliphatic rings. The van der Waals surface area contributed by atoms with E-state index in [-0.39, 0.29) is 0 Å². The Morgan fingerprint density at radius 2 is 0.978 bits per heavy atom. The first-order chi connectivity index (χ1) is 22.7. The molecular weight excluding hydrogens is 589 g/mol. The van der Waals surface area contributed by atoms with E-state index in [2.05, 4.69) is 95.9 Å². The fourth-order valence-corrected chi connectivity index (χ4v) is 6.68. The van der Waals surface area contributed by atoms with Crippen molar-refractivity contribution in [3.05, 3.63) is 146 Å². The molecule has 7 heteroatoms. The van der Waals surface area contributed by atoms with Crippen LogP contribution in [0.1, 0.15) is 0 Å². The fraction of sp³-hybridized carbons (Fsp3) is 0. The number of nitrogens with zero attached hydrogens (tertiary/aromatic N) is 4. The van der Waals surface area contributed by atoms with Gasteiger partial charge in [-0.25, -0.2) is 15.0 Å². The van der Waals surface area contributed by atoms with Crippen LogP contribution in [0.15, 0.2) is 154 Å². The van der Waals surface area contributed by atoms with Crippen LogP contribution in [0.25, 0.3) is 65.9 Å². The summed E-state index contributed by atoms with van der Waals surface area (Å²) in [6.07, 6.45) is 0. The Labute approximate surface area is 267 Å². The van der Waals surface area contributed by atoms with Gasteiger partial charge in [0, 0.05) is 33.8 Å². The van der Waals surface area contributed by atoms with Crippen LogP contribution in [0, 0.1) is 0 Å². The van der Waals surface area contributed by atoms with Crippen molar-refractivity contribution in [3.8, 4) is 33.5 Å². The van der Waals surface area contributed by atoms with E-state index in [1.54, 1.807) is 11.3 Å². The van der Waals surface area contributed by atoms with Crippen molar-refractivity contribution in [2.75, 3.05) is 4.90 Å². The van der Waals surface area contributed by atoms with Gasteiger partial charge in [0.1, 0.15) is 16.0 Å². The number of aromatic nitrogens is 3. The molecule has 0 radical (unpaired) electrons. The minimum Gasteiger partial charge on any atom is -0.436 e. The maximum Gasteiger partial charge on any atom is 0.227 e. The van der Waals surface area contributed by atoms with Gasteiger partial charge in [-0.05, 0) is 97.1 Å². The van der Waals surface area contributed by atoms with Gasteiger partial charge in [-0.15, -0.1) is 11.3 Å². The maximum atomic E-state index is 6.05. The predicted octanol–water partition coefficient (Wildman–Crippen LogP) is 11.0. The molecule has 6 aromatic carbocycles. The van der Waals surface area contributed by atoms with Gasteiger partial charge in [-0.1, -0.05) is 48.5 Å². The number of oxazole rings is 2. The minimum absolute atomic E-state index is 0.597. The lowest BCUT2D eigenvalue weighted by atomic mass is 10.1. The van der Waals surface area contributed by atoms with E-state index in [0.717, 1.165) is 66.5 Å². The highest BCUT2D eigenvalue weighted by molar-refractivity contribution is 7.21. The molecule has 0 atom stereocenters. The molecular formula is C39H24N4O2S. The van der Waals surface area contributed by atoms with Crippen molar-refractivity contribution in [2.24, 2.45) is 0 Å². The number of benzene rings is 6. The van der Waals surface area contributed by atoms with E-state index in [1.165, 1.54) is 4.70 Å². The molecule has 0 amide bonds. The molecule has 0 saturated carbocycles. The van der Waals surface area contributed by atoms with Gasteiger partial charge in [-0.2, -0.15) is 0 Å². The summed E-state index contributed by atoms with van der Waals surface area (Å²) in [5, 5.41) is 0.987. The summed E-state index contributed by atoms with van der Waals surface area (Å²) in [6.45, 7) is 0. The predicted molar refractivity (Wildman–Crippen MR) is 186 cm³/mol. The zero-order valence-corrected chi connectivity index (χ0v) is 25.2. The molecule has 3 heterocycles. The lowest BCUT2D eigenvalue weighted by molar-refractivity contribution is 0.619. The first kappa shape index (κ1) is 26.4. The van der Waals surface area contributed by atoms with E-state index in [4.69, 9.17) is 23.8 Å². The molecule has 0 bridgehead atoms. The molecule has 3 aromatic heterocycles. The molecule has 218 valence electrons. The summed E-state index contributed by atoms with van der Waals surface area (Å²) in [7, 11) is 0. The van der Waals surface area contributed by atoms with Crippen LogP contribution in [0.4, 0.5) is 17.1 Å². The minimum atomic E-state index is 0.597. The van der Waals surface area contributed by atoms with Gasteiger partial charge in [-0.3, -0.25) is 0 Å². The van der Waals surface area contributed by atoms with E-state index in [1.807, 2.05) is 54.6 Å². The topological polar surface area (TPSA) is 68.2 Å². The maximum absolute atomic E-state index is 6.05. The Balaban J connectivity index is 1.12. The third-order valence-corrected chi connectivity index (χ3v) is 9.06. The van der Waals surface area contributed by atoms with Crippen LogP contribution in [-0.2, 0) is 0 Å². The summed E-state index contributed by atoms with van der Waals surface area (Å²) in [5.74, 6) is 1.19. The molecule has 6 nitrogen and oxygen atoms in total. The van der Waals surface area contributed by atoms with Crippen molar-refractivity contribution < 1.29 is 8.83 Å². The zero-order valence-electron chi connectivity index (χ0n) is 24.4. The van der Waals surface area contributed by atoms with Gasteiger partial charge in [0.15, 0.2) is 11.2 Å². The standard InChI is InChI=1S/C39H24N4O2S/c1-4-13-34-31(10-1)40-37(44-34)25-16-20-28(21-17-25)43(29-22-18-26(19-23-29)38-41-32-11-2-5-14-35(32)45-38)30-9-7-8-27(24-30)39-42-33-12-3-6-15-36(33)46-39/h1-24H. The summed E-state index contributed by atoms with van der Waals surface area (Å²) in [6, 6.07) is 49.0. The molecule has 0 fully saturated rings. The van der Waals surface area contributed by atoms with E-state index < -0.39 is 0 Å². The van der Waals surface area contributed by atoms with Crippen LogP contribution < -0.4 is 4.90 Å². The number of thiazole rings is 1. The molecule has 0 aliphatic carbocycles. The molecule has 0 saturated heterocycles. The Bertz CT molecular complexity index is 2280. The third-order valence-electron chi connectivity index (χ3n) is 7.98. The van der Waals surface area contributed by atoms with Crippen LogP contribution in [0.3, 0.4) is 0 Å². The average molecular weight is 613 g/mol. The third kappa shape index (κ3) is 4.70. The van der Waals surface area contributed by atoms with Gasteiger partial charge in [0.25, 0.3) is 0 Å². The first-order valence-corrected chi connectivity index (χ1v) is 15.7. The van der Waals surface area contributed by atoms with E-state index in [9.17, 15) is 0 Å². The number of para-hydroxylation sites is 5. The molecule has 46 heavy (non-hydrogen) atoms. The highest BCUT2D eigenvalue weighted by Gasteiger charge is 2.17. The van der Waals surface area contributed by atoms with Crippen molar-refractivity contribution >= 4 is 60.8 Å². The van der Waals surface area contributed by atoms with Gasteiger partial charge >= 0.3 is 0 Å². The Hall–Kier alpha value is -6.05. The summed E-state index contributed by atoms with van der Waals surface area (Å²) < 4.78 is 13.3. The highest BCUT2D eigenvalue weighted by atomic mass is 32.1. The monoisotopic (exact) mass is 612 g/mol. The Morgan fingerprint density at radius 3 is 1.54 bits per heavy atom.